The second-order valence-corrected chi connectivity index (χ2v) is 9.14. The zero-order chi connectivity index (χ0) is 24.1. The van der Waals surface area contributed by atoms with Crippen LogP contribution in [0, 0.1) is 6.92 Å². The predicted octanol–water partition coefficient (Wildman–Crippen LogP) is 4.66. The van der Waals surface area contributed by atoms with E-state index in [1.807, 2.05) is 4.90 Å². The highest BCUT2D eigenvalue weighted by Gasteiger charge is 2.31. The Bertz CT molecular complexity index is 933. The van der Waals surface area contributed by atoms with Gasteiger partial charge in [-0.25, -0.2) is 4.98 Å². The number of hydrogen-bond acceptors (Lipinski definition) is 5. The van der Waals surface area contributed by atoms with E-state index >= 15 is 0 Å². The molecule has 0 unspecified atom stereocenters. The Balaban J connectivity index is 0.00000342. The molecule has 192 valence electrons. The summed E-state index contributed by atoms with van der Waals surface area (Å²) >= 11 is 0. The Hall–Kier alpha value is -2.81. The molecule has 9 heteroatoms. The van der Waals surface area contributed by atoms with Crippen molar-refractivity contribution in [3.63, 3.8) is 0 Å². The number of nitrogens with one attached hydrogen (secondary N) is 1. The average molecular weight is 492 g/mol. The third-order valence-corrected chi connectivity index (χ3v) is 6.70. The van der Waals surface area contributed by atoms with E-state index in [1.165, 1.54) is 17.3 Å². The minimum Gasteiger partial charge on any atom is -0.369 e. The fourth-order valence-corrected chi connectivity index (χ4v) is 4.53. The number of halogens is 3. The van der Waals surface area contributed by atoms with Crippen LogP contribution >= 0.6 is 0 Å². The molecule has 0 atom stereocenters. The number of pyridine rings is 1. The molecule has 6 nitrogen and oxygen atoms in total. The van der Waals surface area contributed by atoms with Crippen LogP contribution in [0.1, 0.15) is 37.8 Å². The Morgan fingerprint density at radius 2 is 1.66 bits per heavy atom. The molecule has 0 radical (unpaired) electrons. The molecule has 2 saturated heterocycles. The normalized spacial score (nSPS) is 17.7. The number of benzene rings is 1. The predicted molar refractivity (Wildman–Crippen MR) is 134 cm³/mol. The van der Waals surface area contributed by atoms with Crippen molar-refractivity contribution in [1.29, 1.82) is 0 Å². The summed E-state index contributed by atoms with van der Waals surface area (Å²) in [6.07, 6.45) is -1.51. The third kappa shape index (κ3) is 7.34. The van der Waals surface area contributed by atoms with E-state index in [9.17, 15) is 18.0 Å². The molecular weight excluding hydrogens is 455 g/mol. The molecule has 0 aliphatic carbocycles. The van der Waals surface area contributed by atoms with Crippen LogP contribution in [0.15, 0.2) is 42.6 Å². The van der Waals surface area contributed by atoms with Crippen molar-refractivity contribution < 1.29 is 18.0 Å². The Labute approximate surface area is 206 Å². The number of amides is 1. The lowest BCUT2D eigenvalue weighted by molar-refractivity contribution is -0.137. The first kappa shape index (κ1) is 26.8. The summed E-state index contributed by atoms with van der Waals surface area (Å²) in [5.41, 5.74) is 1.76. The highest BCUT2D eigenvalue weighted by molar-refractivity contribution is 5.76. The zero-order valence-electron chi connectivity index (χ0n) is 19.5. The average Bonchev–Trinajstić information content (AvgIpc) is 2.84. The van der Waals surface area contributed by atoms with Crippen molar-refractivity contribution in [2.24, 2.45) is 0 Å². The lowest BCUT2D eigenvalue weighted by Crippen LogP contribution is -2.48. The van der Waals surface area contributed by atoms with Gasteiger partial charge in [-0.3, -0.25) is 9.69 Å². The first-order valence-corrected chi connectivity index (χ1v) is 11.9. The van der Waals surface area contributed by atoms with E-state index in [2.05, 4.69) is 51.3 Å². The molecule has 1 aromatic heterocycles. The van der Waals surface area contributed by atoms with E-state index in [-0.39, 0.29) is 19.4 Å². The second kappa shape index (κ2) is 11.7. The quantitative estimate of drug-likeness (QED) is 0.637. The Kier molecular flexibility index (Phi) is 8.99. The molecule has 0 saturated carbocycles. The second-order valence-electron chi connectivity index (χ2n) is 9.14. The molecule has 2 aromatic rings. The van der Waals surface area contributed by atoms with Crippen LogP contribution < -0.4 is 10.2 Å². The van der Waals surface area contributed by atoms with E-state index in [4.69, 9.17) is 0 Å². The van der Waals surface area contributed by atoms with Crippen molar-refractivity contribution in [1.82, 2.24) is 14.8 Å². The number of aromatic nitrogens is 1. The molecule has 1 N–H and O–H groups in total. The van der Waals surface area contributed by atoms with Gasteiger partial charge in [0.15, 0.2) is 0 Å². The van der Waals surface area contributed by atoms with Crippen molar-refractivity contribution >= 4 is 17.4 Å². The minimum atomic E-state index is -4.38. The van der Waals surface area contributed by atoms with Crippen molar-refractivity contribution in [2.45, 2.75) is 45.8 Å². The van der Waals surface area contributed by atoms with Crippen LogP contribution in [0.5, 0.6) is 0 Å². The van der Waals surface area contributed by atoms with Gasteiger partial charge >= 0.3 is 6.18 Å². The van der Waals surface area contributed by atoms with E-state index in [1.54, 1.807) is 0 Å². The van der Waals surface area contributed by atoms with Gasteiger partial charge in [0, 0.05) is 70.2 Å². The van der Waals surface area contributed by atoms with Gasteiger partial charge in [0.25, 0.3) is 0 Å². The van der Waals surface area contributed by atoms with Crippen LogP contribution in [0.25, 0.3) is 0 Å². The number of rotatable bonds is 6. The van der Waals surface area contributed by atoms with Crippen molar-refractivity contribution in [3.05, 3.63) is 53.7 Å². The first-order chi connectivity index (χ1) is 16.3. The van der Waals surface area contributed by atoms with Gasteiger partial charge in [-0.2, -0.15) is 13.2 Å². The fraction of sp³-hybridized carbons (Fsp3) is 0.538. The third-order valence-electron chi connectivity index (χ3n) is 6.70. The summed E-state index contributed by atoms with van der Waals surface area (Å²) in [6, 6.07) is 11.1. The van der Waals surface area contributed by atoms with Crippen LogP contribution in [0.4, 0.5) is 24.7 Å². The molecule has 2 aliphatic rings. The summed E-state index contributed by atoms with van der Waals surface area (Å²) in [5.74, 6) is 0.606. The van der Waals surface area contributed by atoms with Gasteiger partial charge in [-0.05, 0) is 44.0 Å². The molecule has 1 aromatic carbocycles. The summed E-state index contributed by atoms with van der Waals surface area (Å²) in [7, 11) is 0. The molecule has 2 aliphatic heterocycles. The molecule has 3 heterocycles. The Morgan fingerprint density at radius 3 is 2.23 bits per heavy atom. The standard InChI is InChI=1S/C25H32F3N5O.CH4/c1-19-2-5-22(6-3-19)32-16-14-31(15-17-32)11-10-24(34)33-12-8-21(9-13-33)30-23-7-4-20(18-29-23)25(26,27)28;/h2-7,18,21H,8-17H2,1H3,(H,29,30);1H4. The number of likely N-dealkylation sites (tertiary alicyclic amines) is 1. The first-order valence-electron chi connectivity index (χ1n) is 11.9. The maximum atomic E-state index is 12.7. The van der Waals surface area contributed by atoms with E-state index < -0.39 is 11.7 Å². The van der Waals surface area contributed by atoms with Crippen LogP contribution in [0.2, 0.25) is 0 Å². The van der Waals surface area contributed by atoms with Crippen LogP contribution in [0.3, 0.4) is 0 Å². The molecule has 1 amide bonds. The Morgan fingerprint density at radius 1 is 1.00 bits per heavy atom. The van der Waals surface area contributed by atoms with Gasteiger partial charge in [0.05, 0.1) is 5.56 Å². The van der Waals surface area contributed by atoms with E-state index in [0.29, 0.717) is 25.3 Å². The van der Waals surface area contributed by atoms with Crippen molar-refractivity contribution in [3.8, 4) is 0 Å². The summed E-state index contributed by atoms with van der Waals surface area (Å²) in [6.45, 7) is 8.00. The minimum absolute atomic E-state index is 0. The number of aryl methyl sites for hydroxylation is 1. The largest absolute Gasteiger partial charge is 0.417 e. The lowest BCUT2D eigenvalue weighted by Gasteiger charge is -2.37. The fourth-order valence-electron chi connectivity index (χ4n) is 4.53. The van der Waals surface area contributed by atoms with Gasteiger partial charge in [-0.15, -0.1) is 0 Å². The van der Waals surface area contributed by atoms with Crippen LogP contribution in [-0.2, 0) is 11.0 Å². The maximum absolute atomic E-state index is 12.7. The molecule has 0 spiro atoms. The monoisotopic (exact) mass is 491 g/mol. The van der Waals surface area contributed by atoms with Crippen molar-refractivity contribution in [2.75, 3.05) is 56.0 Å². The highest BCUT2D eigenvalue weighted by atomic mass is 19.4. The number of piperazine rings is 1. The zero-order valence-corrected chi connectivity index (χ0v) is 19.5. The summed E-state index contributed by atoms with van der Waals surface area (Å²) < 4.78 is 38.0. The highest BCUT2D eigenvalue weighted by Crippen LogP contribution is 2.29. The molecular formula is C26H36F3N5O. The molecule has 35 heavy (non-hydrogen) atoms. The number of anilines is 2. The smallest absolute Gasteiger partial charge is 0.369 e. The topological polar surface area (TPSA) is 51.7 Å². The lowest BCUT2D eigenvalue weighted by atomic mass is 10.0. The van der Waals surface area contributed by atoms with E-state index in [0.717, 1.165) is 57.8 Å². The SMILES string of the molecule is C.Cc1ccc(N2CCN(CCC(=O)N3CCC(Nc4ccc(C(F)(F)F)cn4)CC3)CC2)cc1. The van der Waals surface area contributed by atoms with Gasteiger partial charge in [0.1, 0.15) is 5.82 Å². The van der Waals surface area contributed by atoms with Gasteiger partial charge in [0.2, 0.25) is 5.91 Å². The molecule has 2 fully saturated rings. The molecule has 0 bridgehead atoms. The maximum Gasteiger partial charge on any atom is 0.417 e. The summed E-state index contributed by atoms with van der Waals surface area (Å²) in [4.78, 5) is 23.2. The van der Waals surface area contributed by atoms with Gasteiger partial charge < -0.3 is 15.1 Å². The number of nitrogens with zero attached hydrogens (tertiary/aromatic N) is 4. The summed E-state index contributed by atoms with van der Waals surface area (Å²) in [5, 5.41) is 3.19. The molecule has 4 rings (SSSR count). The number of carbonyl (C=O) groups is 1. The number of alkyl halides is 3. The number of carbonyl (C=O) groups excluding carboxylic acids is 1. The van der Waals surface area contributed by atoms with Gasteiger partial charge in [-0.1, -0.05) is 25.1 Å². The number of hydrogen-bond donors (Lipinski definition) is 1. The number of piperidine rings is 1. The van der Waals surface area contributed by atoms with Crippen LogP contribution in [-0.4, -0.2) is 72.5 Å².